The third-order valence-electron chi connectivity index (χ3n) is 5.48. The number of halogens is 2. The van der Waals surface area contributed by atoms with E-state index < -0.39 is 17.7 Å². The zero-order valence-corrected chi connectivity index (χ0v) is 18.0. The fraction of sp³-hybridized carbons (Fsp3) is 0.167. The SMILES string of the molecule is COc1ccc(CN2C(=O)C(c3cc(C(=O)O)ccc3Cl)c3cc(F)ccc32)c(OC)c1. The first-order valence-electron chi connectivity index (χ1n) is 9.68. The third-order valence-corrected chi connectivity index (χ3v) is 5.83. The Hall–Kier alpha value is -3.58. The highest BCUT2D eigenvalue weighted by atomic mass is 35.5. The topological polar surface area (TPSA) is 76.1 Å². The van der Waals surface area contributed by atoms with Gasteiger partial charge in [-0.05, 0) is 59.7 Å². The first-order chi connectivity index (χ1) is 15.3. The zero-order valence-electron chi connectivity index (χ0n) is 17.3. The van der Waals surface area contributed by atoms with Gasteiger partial charge in [-0.1, -0.05) is 11.6 Å². The summed E-state index contributed by atoms with van der Waals surface area (Å²) in [7, 11) is 3.07. The molecule has 4 rings (SSSR count). The lowest BCUT2D eigenvalue weighted by Crippen LogP contribution is -2.29. The van der Waals surface area contributed by atoms with Gasteiger partial charge in [-0.2, -0.15) is 0 Å². The molecule has 8 heteroatoms. The van der Waals surface area contributed by atoms with Crippen molar-refractivity contribution >= 4 is 29.2 Å². The highest BCUT2D eigenvalue weighted by molar-refractivity contribution is 6.32. The maximum Gasteiger partial charge on any atom is 0.335 e. The molecule has 3 aromatic rings. The molecule has 1 aliphatic rings. The molecule has 1 amide bonds. The summed E-state index contributed by atoms with van der Waals surface area (Å²) in [4.78, 5) is 26.6. The molecule has 1 aliphatic heterocycles. The zero-order chi connectivity index (χ0) is 23.0. The molecule has 0 aromatic heterocycles. The van der Waals surface area contributed by atoms with Gasteiger partial charge in [-0.15, -0.1) is 0 Å². The molecule has 3 aromatic carbocycles. The van der Waals surface area contributed by atoms with E-state index in [1.54, 1.807) is 25.3 Å². The van der Waals surface area contributed by atoms with E-state index in [4.69, 9.17) is 21.1 Å². The van der Waals surface area contributed by atoms with Gasteiger partial charge in [0, 0.05) is 22.3 Å². The Morgan fingerprint density at radius 2 is 1.84 bits per heavy atom. The number of amides is 1. The molecule has 1 unspecified atom stereocenters. The van der Waals surface area contributed by atoms with E-state index in [1.807, 2.05) is 0 Å². The van der Waals surface area contributed by atoms with Crippen molar-refractivity contribution in [1.29, 1.82) is 0 Å². The molecular weight excluding hydrogens is 437 g/mol. The van der Waals surface area contributed by atoms with Crippen LogP contribution < -0.4 is 14.4 Å². The van der Waals surface area contributed by atoms with E-state index in [0.29, 0.717) is 28.3 Å². The Kier molecular flexibility index (Phi) is 5.76. The number of hydrogen-bond donors (Lipinski definition) is 1. The van der Waals surface area contributed by atoms with Crippen LogP contribution >= 0.6 is 11.6 Å². The molecule has 1 heterocycles. The van der Waals surface area contributed by atoms with Crippen molar-refractivity contribution in [2.24, 2.45) is 0 Å². The van der Waals surface area contributed by atoms with Crippen molar-refractivity contribution in [3.63, 3.8) is 0 Å². The summed E-state index contributed by atoms with van der Waals surface area (Å²) in [5.41, 5.74) is 1.98. The second kappa shape index (κ2) is 8.51. The minimum absolute atomic E-state index is 0.00886. The van der Waals surface area contributed by atoms with E-state index in [9.17, 15) is 19.1 Å². The second-order valence-electron chi connectivity index (χ2n) is 7.28. The smallest absolute Gasteiger partial charge is 0.335 e. The summed E-state index contributed by atoms with van der Waals surface area (Å²) >= 11 is 6.35. The summed E-state index contributed by atoms with van der Waals surface area (Å²) in [6.45, 7) is 0.164. The number of carbonyl (C=O) groups is 2. The molecular formula is C24H19ClFNO5. The Morgan fingerprint density at radius 3 is 2.53 bits per heavy atom. The number of hydrogen-bond acceptors (Lipinski definition) is 4. The molecule has 0 saturated carbocycles. The van der Waals surface area contributed by atoms with E-state index in [1.165, 1.54) is 48.4 Å². The number of ether oxygens (including phenoxy) is 2. The quantitative estimate of drug-likeness (QED) is 0.573. The van der Waals surface area contributed by atoms with Crippen molar-refractivity contribution in [2.45, 2.75) is 12.5 Å². The number of fused-ring (bicyclic) bond motifs is 1. The highest BCUT2D eigenvalue weighted by Gasteiger charge is 2.40. The van der Waals surface area contributed by atoms with Crippen LogP contribution in [0.2, 0.25) is 5.02 Å². The van der Waals surface area contributed by atoms with Crippen LogP contribution in [0.3, 0.4) is 0 Å². The van der Waals surface area contributed by atoms with Crippen LogP contribution in [0.15, 0.2) is 54.6 Å². The van der Waals surface area contributed by atoms with Gasteiger partial charge in [0.1, 0.15) is 17.3 Å². The number of methoxy groups -OCH3 is 2. The number of carboxylic acid groups (broad SMARTS) is 1. The molecule has 0 fully saturated rings. The van der Waals surface area contributed by atoms with Gasteiger partial charge in [0.05, 0.1) is 32.2 Å². The fourth-order valence-corrected chi connectivity index (χ4v) is 4.15. The molecule has 0 spiro atoms. The van der Waals surface area contributed by atoms with Gasteiger partial charge >= 0.3 is 5.97 Å². The predicted octanol–water partition coefficient (Wildman–Crippen LogP) is 4.87. The van der Waals surface area contributed by atoms with Crippen molar-refractivity contribution < 1.29 is 28.6 Å². The van der Waals surface area contributed by atoms with Crippen molar-refractivity contribution in [1.82, 2.24) is 0 Å². The molecule has 0 radical (unpaired) electrons. The number of rotatable bonds is 6. The predicted molar refractivity (Wildman–Crippen MR) is 117 cm³/mol. The lowest BCUT2D eigenvalue weighted by molar-refractivity contribution is -0.118. The first-order valence-corrected chi connectivity index (χ1v) is 10.1. The molecule has 0 aliphatic carbocycles. The summed E-state index contributed by atoms with van der Waals surface area (Å²) in [5.74, 6) is -1.78. The minimum Gasteiger partial charge on any atom is -0.497 e. The lowest BCUT2D eigenvalue weighted by atomic mass is 9.91. The van der Waals surface area contributed by atoms with Crippen LogP contribution in [0.4, 0.5) is 10.1 Å². The summed E-state index contributed by atoms with van der Waals surface area (Å²) in [6.07, 6.45) is 0. The Labute approximate surface area is 188 Å². The summed E-state index contributed by atoms with van der Waals surface area (Å²) in [5, 5.41) is 9.60. The largest absolute Gasteiger partial charge is 0.497 e. The van der Waals surface area contributed by atoms with E-state index >= 15 is 0 Å². The second-order valence-corrected chi connectivity index (χ2v) is 7.69. The molecule has 0 saturated heterocycles. The van der Waals surface area contributed by atoms with Crippen molar-refractivity contribution in [2.75, 3.05) is 19.1 Å². The van der Waals surface area contributed by atoms with Gasteiger partial charge < -0.3 is 19.5 Å². The Bertz CT molecular complexity index is 1230. The molecule has 1 atom stereocenters. The number of benzene rings is 3. The van der Waals surface area contributed by atoms with Gasteiger partial charge in [0.15, 0.2) is 0 Å². The average molecular weight is 456 g/mol. The van der Waals surface area contributed by atoms with E-state index in [2.05, 4.69) is 0 Å². The average Bonchev–Trinajstić information content (AvgIpc) is 3.04. The number of nitrogens with zero attached hydrogens (tertiary/aromatic N) is 1. The monoisotopic (exact) mass is 455 g/mol. The molecule has 164 valence electrons. The van der Waals surface area contributed by atoms with Crippen LogP contribution in [-0.2, 0) is 11.3 Å². The molecule has 1 N–H and O–H groups in total. The maximum absolute atomic E-state index is 14.2. The molecule has 0 bridgehead atoms. The lowest BCUT2D eigenvalue weighted by Gasteiger charge is -2.20. The summed E-state index contributed by atoms with van der Waals surface area (Å²) in [6, 6.07) is 13.5. The van der Waals surface area contributed by atoms with Gasteiger partial charge in [-0.25, -0.2) is 9.18 Å². The fourth-order valence-electron chi connectivity index (χ4n) is 3.92. The van der Waals surface area contributed by atoms with Crippen LogP contribution in [-0.4, -0.2) is 31.2 Å². The Balaban J connectivity index is 1.81. The molecule has 6 nitrogen and oxygen atoms in total. The van der Waals surface area contributed by atoms with Gasteiger partial charge in [0.25, 0.3) is 0 Å². The highest BCUT2D eigenvalue weighted by Crippen LogP contribution is 2.45. The van der Waals surface area contributed by atoms with E-state index in [0.717, 1.165) is 5.56 Å². The summed E-state index contributed by atoms with van der Waals surface area (Å²) < 4.78 is 24.8. The van der Waals surface area contributed by atoms with Crippen molar-refractivity contribution in [3.8, 4) is 11.5 Å². The van der Waals surface area contributed by atoms with Gasteiger partial charge in [-0.3, -0.25) is 4.79 Å². The number of anilines is 1. The number of carboxylic acids is 1. The standard InChI is InChI=1S/C24H19ClFNO5/c1-31-16-6-3-14(21(11-16)32-2)12-27-20-8-5-15(26)10-18(20)22(23(27)28)17-9-13(24(29)30)4-7-19(17)25/h3-11,22H,12H2,1-2H3,(H,29,30). The van der Waals surface area contributed by atoms with Crippen LogP contribution in [0.1, 0.15) is 33.0 Å². The van der Waals surface area contributed by atoms with Crippen LogP contribution in [0, 0.1) is 5.82 Å². The molecule has 32 heavy (non-hydrogen) atoms. The third kappa shape index (κ3) is 3.76. The van der Waals surface area contributed by atoms with E-state index in [-0.39, 0.29) is 23.0 Å². The number of aromatic carboxylic acids is 1. The normalized spacial score (nSPS) is 14.9. The number of carbonyl (C=O) groups excluding carboxylic acids is 1. The van der Waals surface area contributed by atoms with Crippen molar-refractivity contribution in [3.05, 3.63) is 87.7 Å². The Morgan fingerprint density at radius 1 is 1.06 bits per heavy atom. The minimum atomic E-state index is -1.15. The van der Waals surface area contributed by atoms with Crippen LogP contribution in [0.25, 0.3) is 0 Å². The maximum atomic E-state index is 14.2. The van der Waals surface area contributed by atoms with Gasteiger partial charge in [0.2, 0.25) is 5.91 Å². The van der Waals surface area contributed by atoms with Crippen LogP contribution in [0.5, 0.6) is 11.5 Å². The first kappa shape index (κ1) is 21.6.